The van der Waals surface area contributed by atoms with Gasteiger partial charge in [0, 0.05) is 12.0 Å². The van der Waals surface area contributed by atoms with Crippen LogP contribution in [0.4, 0.5) is 17.6 Å². The van der Waals surface area contributed by atoms with Gasteiger partial charge in [0.2, 0.25) is 0 Å². The summed E-state index contributed by atoms with van der Waals surface area (Å²) in [5, 5.41) is 0. The van der Waals surface area contributed by atoms with E-state index >= 15 is 0 Å². The van der Waals surface area contributed by atoms with Crippen molar-refractivity contribution in [3.8, 4) is 5.75 Å². The van der Waals surface area contributed by atoms with Crippen LogP contribution in [0.3, 0.4) is 0 Å². The number of halogens is 5. The molecule has 0 saturated carbocycles. The van der Waals surface area contributed by atoms with Crippen molar-refractivity contribution in [2.24, 2.45) is 0 Å². The number of alkyl halides is 3. The van der Waals surface area contributed by atoms with Crippen LogP contribution in [0.2, 0.25) is 0 Å². The van der Waals surface area contributed by atoms with E-state index in [9.17, 15) is 17.6 Å². The predicted octanol–water partition coefficient (Wildman–Crippen LogP) is 5.35. The molecular weight excluding hydrogens is 392 g/mol. The quantitative estimate of drug-likeness (QED) is 0.639. The van der Waals surface area contributed by atoms with E-state index in [0.717, 1.165) is 11.6 Å². The summed E-state index contributed by atoms with van der Waals surface area (Å²) in [5.41, 5.74) is -2.06. The van der Waals surface area contributed by atoms with Gasteiger partial charge in [-0.15, -0.1) is 0 Å². The molecule has 3 rings (SSSR count). The van der Waals surface area contributed by atoms with Gasteiger partial charge in [-0.1, -0.05) is 30.3 Å². The van der Waals surface area contributed by atoms with Crippen LogP contribution in [-0.4, -0.2) is 12.8 Å². The van der Waals surface area contributed by atoms with Crippen molar-refractivity contribution in [1.29, 1.82) is 0 Å². The topological polar surface area (TPSA) is 18.5 Å². The Morgan fingerprint density at radius 3 is 2.38 bits per heavy atom. The fraction of sp³-hybridized carbons (Fsp3) is 0.294. The SMILES string of the molecule is Fc1cc(C2(C(F)(F)F)CCO2)c(OCc2ccccc2)cc1Br. The van der Waals surface area contributed by atoms with E-state index in [4.69, 9.17) is 9.47 Å². The van der Waals surface area contributed by atoms with Gasteiger partial charge in [0.15, 0.2) is 5.60 Å². The summed E-state index contributed by atoms with van der Waals surface area (Å²) >= 11 is 2.99. The summed E-state index contributed by atoms with van der Waals surface area (Å²) in [7, 11) is 0. The lowest BCUT2D eigenvalue weighted by Gasteiger charge is -2.43. The van der Waals surface area contributed by atoms with Gasteiger partial charge >= 0.3 is 6.18 Å². The zero-order chi connectivity index (χ0) is 17.4. The Morgan fingerprint density at radius 2 is 1.83 bits per heavy atom. The van der Waals surface area contributed by atoms with Gasteiger partial charge in [-0.3, -0.25) is 0 Å². The molecule has 1 fully saturated rings. The summed E-state index contributed by atoms with van der Waals surface area (Å²) < 4.78 is 64.8. The highest BCUT2D eigenvalue weighted by atomic mass is 79.9. The molecular formula is C17H13BrF4O2. The molecule has 128 valence electrons. The molecule has 0 radical (unpaired) electrons. The summed E-state index contributed by atoms with van der Waals surface area (Å²) in [5.74, 6) is -0.847. The minimum Gasteiger partial charge on any atom is -0.488 e. The highest BCUT2D eigenvalue weighted by molar-refractivity contribution is 9.10. The van der Waals surface area contributed by atoms with Gasteiger partial charge in [0.25, 0.3) is 0 Å². The number of benzene rings is 2. The van der Waals surface area contributed by atoms with E-state index < -0.39 is 17.6 Å². The molecule has 1 aliphatic heterocycles. The smallest absolute Gasteiger partial charge is 0.421 e. The predicted molar refractivity (Wildman–Crippen MR) is 83.2 cm³/mol. The van der Waals surface area contributed by atoms with Gasteiger partial charge in [0.1, 0.15) is 18.2 Å². The third kappa shape index (κ3) is 3.02. The molecule has 24 heavy (non-hydrogen) atoms. The summed E-state index contributed by atoms with van der Waals surface area (Å²) in [6.45, 7) is 0.0369. The highest BCUT2D eigenvalue weighted by Gasteiger charge is 2.62. The second-order valence-electron chi connectivity index (χ2n) is 5.46. The highest BCUT2D eigenvalue weighted by Crippen LogP contribution is 2.53. The first-order chi connectivity index (χ1) is 11.3. The molecule has 1 aliphatic rings. The van der Waals surface area contributed by atoms with Gasteiger partial charge in [-0.05, 0) is 33.6 Å². The van der Waals surface area contributed by atoms with Crippen LogP contribution in [-0.2, 0) is 16.9 Å². The molecule has 1 heterocycles. The van der Waals surface area contributed by atoms with E-state index in [-0.39, 0.29) is 35.4 Å². The minimum absolute atomic E-state index is 0.0324. The van der Waals surface area contributed by atoms with Gasteiger partial charge in [-0.2, -0.15) is 13.2 Å². The van der Waals surface area contributed by atoms with Crippen LogP contribution in [0.5, 0.6) is 5.75 Å². The zero-order valence-electron chi connectivity index (χ0n) is 12.4. The molecule has 0 N–H and O–H groups in total. The lowest BCUT2D eigenvalue weighted by atomic mass is 9.85. The molecule has 0 aromatic heterocycles. The Morgan fingerprint density at radius 1 is 1.17 bits per heavy atom. The maximum atomic E-state index is 13.9. The van der Waals surface area contributed by atoms with Gasteiger partial charge < -0.3 is 9.47 Å². The van der Waals surface area contributed by atoms with Crippen LogP contribution in [0.1, 0.15) is 17.5 Å². The molecule has 7 heteroatoms. The van der Waals surface area contributed by atoms with Gasteiger partial charge in [0.05, 0.1) is 11.1 Å². The molecule has 0 aliphatic carbocycles. The molecule has 1 unspecified atom stereocenters. The maximum Gasteiger partial charge on any atom is 0.421 e. The van der Waals surface area contributed by atoms with Crippen LogP contribution < -0.4 is 4.74 Å². The average Bonchev–Trinajstić information content (AvgIpc) is 2.47. The van der Waals surface area contributed by atoms with Crippen molar-refractivity contribution < 1.29 is 27.0 Å². The fourth-order valence-corrected chi connectivity index (χ4v) is 2.92. The molecule has 0 bridgehead atoms. The van der Waals surface area contributed by atoms with Crippen molar-refractivity contribution in [1.82, 2.24) is 0 Å². The lowest BCUT2D eigenvalue weighted by Crippen LogP contribution is -2.53. The number of rotatable bonds is 4. The second kappa shape index (κ2) is 6.37. The second-order valence-corrected chi connectivity index (χ2v) is 6.31. The van der Waals surface area contributed by atoms with E-state index in [1.807, 2.05) is 6.07 Å². The van der Waals surface area contributed by atoms with Gasteiger partial charge in [-0.25, -0.2) is 4.39 Å². The van der Waals surface area contributed by atoms with Crippen LogP contribution in [0, 0.1) is 5.82 Å². The number of ether oxygens (including phenoxy) is 2. The van der Waals surface area contributed by atoms with Crippen molar-refractivity contribution >= 4 is 15.9 Å². The summed E-state index contributed by atoms with van der Waals surface area (Å²) in [6.07, 6.45) is -4.92. The van der Waals surface area contributed by atoms with Crippen molar-refractivity contribution in [2.75, 3.05) is 6.61 Å². The Labute approximate surface area is 144 Å². The molecule has 1 saturated heterocycles. The summed E-state index contributed by atoms with van der Waals surface area (Å²) in [4.78, 5) is 0. The maximum absolute atomic E-state index is 13.9. The van der Waals surface area contributed by atoms with Crippen molar-refractivity contribution in [3.05, 3.63) is 63.9 Å². The standard InChI is InChI=1S/C17H13BrF4O2/c18-13-9-15(23-10-11-4-2-1-3-5-11)12(8-14(13)19)16(6-7-24-16)17(20,21)22/h1-5,8-9H,6-7,10H2. The Hall–Kier alpha value is -1.60. The summed E-state index contributed by atoms with van der Waals surface area (Å²) in [6, 6.07) is 11.0. The minimum atomic E-state index is -4.66. The largest absolute Gasteiger partial charge is 0.488 e. The van der Waals surface area contributed by atoms with Crippen LogP contribution in [0.15, 0.2) is 46.9 Å². The number of hydrogen-bond donors (Lipinski definition) is 0. The molecule has 0 amide bonds. The average molecular weight is 405 g/mol. The monoisotopic (exact) mass is 404 g/mol. The van der Waals surface area contributed by atoms with Crippen molar-refractivity contribution in [2.45, 2.75) is 24.8 Å². The number of hydrogen-bond acceptors (Lipinski definition) is 2. The molecule has 1 atom stereocenters. The van der Waals surface area contributed by atoms with E-state index in [0.29, 0.717) is 0 Å². The van der Waals surface area contributed by atoms with E-state index in [1.54, 1.807) is 24.3 Å². The fourth-order valence-electron chi connectivity index (χ4n) is 2.59. The Balaban J connectivity index is 1.98. The van der Waals surface area contributed by atoms with Crippen molar-refractivity contribution in [3.63, 3.8) is 0 Å². The third-order valence-corrected chi connectivity index (χ3v) is 4.56. The van der Waals surface area contributed by atoms with E-state index in [1.165, 1.54) is 6.07 Å². The first-order valence-electron chi connectivity index (χ1n) is 7.20. The Bertz CT molecular complexity index is 727. The zero-order valence-corrected chi connectivity index (χ0v) is 14.0. The third-order valence-electron chi connectivity index (χ3n) is 3.96. The molecule has 0 spiro atoms. The first kappa shape index (κ1) is 17.2. The molecule has 2 nitrogen and oxygen atoms in total. The van der Waals surface area contributed by atoms with Crippen LogP contribution in [0.25, 0.3) is 0 Å². The van der Waals surface area contributed by atoms with E-state index in [2.05, 4.69) is 15.9 Å². The first-order valence-corrected chi connectivity index (χ1v) is 8.00. The molecule has 2 aromatic rings. The van der Waals surface area contributed by atoms with Crippen LogP contribution >= 0.6 is 15.9 Å². The normalized spacial score (nSPS) is 20.5. The molecule has 2 aromatic carbocycles. The Kier molecular flexibility index (Phi) is 4.57. The lowest BCUT2D eigenvalue weighted by molar-refractivity contribution is -0.334.